The van der Waals surface area contributed by atoms with E-state index in [1.807, 2.05) is 48.4 Å². The summed E-state index contributed by atoms with van der Waals surface area (Å²) in [6, 6.07) is 17.4. The Balaban J connectivity index is 1.38. The van der Waals surface area contributed by atoms with Gasteiger partial charge in [-0.2, -0.15) is 0 Å². The molecule has 0 aromatic heterocycles. The van der Waals surface area contributed by atoms with Crippen LogP contribution in [0.1, 0.15) is 57.7 Å². The van der Waals surface area contributed by atoms with Crippen molar-refractivity contribution in [1.29, 1.82) is 0 Å². The molecule has 4 atom stereocenters. The Morgan fingerprint density at radius 2 is 1.53 bits per heavy atom. The summed E-state index contributed by atoms with van der Waals surface area (Å²) in [5.41, 5.74) is 2.84. The number of hydrogen-bond donors (Lipinski definition) is 0. The van der Waals surface area contributed by atoms with Crippen LogP contribution in [0.3, 0.4) is 0 Å². The standard InChI is InChI=1S/C34H32N2O7/c1-4-5-18-43-34(40)21-10-13-23(14-11-21)36-32(38)27-28(33(36)39)30(31(37)22-12-15-25(41-2)26(19-22)42-3)35-17-16-20-8-6-7-9-24(20)29(27)35/h6-17,19,27-30H,4-5,18H2,1-3H3/t27-,28-,29+,30+/m1/s1. The van der Waals surface area contributed by atoms with Gasteiger partial charge in [-0.25, -0.2) is 9.69 Å². The van der Waals surface area contributed by atoms with Gasteiger partial charge in [-0.15, -0.1) is 0 Å². The van der Waals surface area contributed by atoms with E-state index in [1.54, 1.807) is 42.5 Å². The molecule has 9 heteroatoms. The van der Waals surface area contributed by atoms with Gasteiger partial charge in [0.15, 0.2) is 17.3 Å². The van der Waals surface area contributed by atoms with Crippen molar-refractivity contribution in [2.75, 3.05) is 25.7 Å². The maximum atomic E-state index is 14.2. The molecule has 3 aliphatic rings. The Morgan fingerprint density at radius 3 is 2.26 bits per heavy atom. The molecule has 3 aliphatic heterocycles. The van der Waals surface area contributed by atoms with Gasteiger partial charge in [0.05, 0.1) is 50.0 Å². The SMILES string of the molecule is CCCCOC(=O)c1ccc(N2C(=O)[C@@H]3[C@@H](C2=O)[C@@H]2c4ccccc4C=CN2[C@@H]3C(=O)c2ccc(OC)c(OC)c2)cc1. The van der Waals surface area contributed by atoms with Crippen molar-refractivity contribution in [3.05, 3.63) is 95.2 Å². The number of unbranched alkanes of at least 4 members (excludes halogenated alkanes) is 1. The van der Waals surface area contributed by atoms with E-state index < -0.39 is 35.8 Å². The van der Waals surface area contributed by atoms with E-state index in [9.17, 15) is 19.2 Å². The van der Waals surface area contributed by atoms with E-state index in [2.05, 4.69) is 0 Å². The summed E-state index contributed by atoms with van der Waals surface area (Å²) in [7, 11) is 3.01. The third kappa shape index (κ3) is 4.65. The normalized spacial score (nSPS) is 21.7. The Bertz CT molecular complexity index is 1630. The summed E-state index contributed by atoms with van der Waals surface area (Å²) in [6.07, 6.45) is 5.40. The summed E-state index contributed by atoms with van der Waals surface area (Å²) in [5.74, 6) is -2.43. The minimum Gasteiger partial charge on any atom is -0.493 e. The Kier molecular flexibility index (Phi) is 7.48. The van der Waals surface area contributed by atoms with Gasteiger partial charge in [0, 0.05) is 11.8 Å². The lowest BCUT2D eigenvalue weighted by Gasteiger charge is -2.35. The van der Waals surface area contributed by atoms with Crippen LogP contribution in [0.2, 0.25) is 0 Å². The van der Waals surface area contributed by atoms with Crippen molar-refractivity contribution in [1.82, 2.24) is 4.90 Å². The number of rotatable bonds is 9. The van der Waals surface area contributed by atoms with Crippen molar-refractivity contribution >= 4 is 35.3 Å². The van der Waals surface area contributed by atoms with Gasteiger partial charge in [0.2, 0.25) is 11.8 Å². The second kappa shape index (κ2) is 11.4. The fraction of sp³-hybridized carbons (Fsp3) is 0.294. The zero-order chi connectivity index (χ0) is 30.2. The minimum atomic E-state index is -0.924. The lowest BCUT2D eigenvalue weighted by atomic mass is 9.83. The molecule has 0 spiro atoms. The summed E-state index contributed by atoms with van der Waals surface area (Å²) >= 11 is 0. The molecule has 2 saturated heterocycles. The average Bonchev–Trinajstić information content (AvgIpc) is 3.52. The minimum absolute atomic E-state index is 0.296. The first-order chi connectivity index (χ1) is 20.9. The predicted molar refractivity (Wildman–Crippen MR) is 159 cm³/mol. The van der Waals surface area contributed by atoms with Crippen LogP contribution in [0.4, 0.5) is 5.69 Å². The molecule has 6 rings (SSSR count). The lowest BCUT2D eigenvalue weighted by Crippen LogP contribution is -2.44. The Morgan fingerprint density at radius 1 is 0.837 bits per heavy atom. The molecule has 0 N–H and O–H groups in total. The van der Waals surface area contributed by atoms with E-state index in [0.717, 1.165) is 28.9 Å². The van der Waals surface area contributed by atoms with Crippen LogP contribution in [0.15, 0.2) is 72.9 Å². The molecule has 220 valence electrons. The number of esters is 1. The summed E-state index contributed by atoms with van der Waals surface area (Å²) < 4.78 is 16.1. The van der Waals surface area contributed by atoms with Crippen LogP contribution >= 0.6 is 0 Å². The zero-order valence-corrected chi connectivity index (χ0v) is 24.2. The fourth-order valence-electron chi connectivity index (χ4n) is 6.41. The van der Waals surface area contributed by atoms with Crippen molar-refractivity contribution in [3.63, 3.8) is 0 Å². The number of ketones is 1. The highest BCUT2D eigenvalue weighted by atomic mass is 16.5. The smallest absolute Gasteiger partial charge is 0.338 e. The second-order valence-electron chi connectivity index (χ2n) is 10.8. The first-order valence-corrected chi connectivity index (χ1v) is 14.4. The number of ether oxygens (including phenoxy) is 3. The van der Waals surface area contributed by atoms with Crippen LogP contribution in [0, 0.1) is 11.8 Å². The lowest BCUT2D eigenvalue weighted by molar-refractivity contribution is -0.123. The van der Waals surface area contributed by atoms with Crippen LogP contribution < -0.4 is 14.4 Å². The molecule has 0 bridgehead atoms. The number of methoxy groups -OCH3 is 2. The molecule has 0 radical (unpaired) electrons. The maximum Gasteiger partial charge on any atom is 0.338 e. The predicted octanol–water partition coefficient (Wildman–Crippen LogP) is 5.06. The highest BCUT2D eigenvalue weighted by Gasteiger charge is 2.64. The van der Waals surface area contributed by atoms with Crippen LogP contribution in [0.25, 0.3) is 6.08 Å². The topological polar surface area (TPSA) is 102 Å². The van der Waals surface area contributed by atoms with E-state index in [0.29, 0.717) is 34.9 Å². The number of anilines is 1. The molecule has 2 amide bonds. The number of Topliss-reactive ketones (excluding diaryl/α,β-unsaturated/α-hetero) is 1. The zero-order valence-electron chi connectivity index (χ0n) is 24.2. The van der Waals surface area contributed by atoms with Crippen LogP contribution in [0.5, 0.6) is 11.5 Å². The van der Waals surface area contributed by atoms with E-state index in [4.69, 9.17) is 14.2 Å². The maximum absolute atomic E-state index is 14.2. The molecule has 0 unspecified atom stereocenters. The summed E-state index contributed by atoms with van der Waals surface area (Å²) in [4.78, 5) is 58.0. The van der Waals surface area contributed by atoms with Gasteiger partial charge in [-0.3, -0.25) is 14.4 Å². The van der Waals surface area contributed by atoms with E-state index in [-0.39, 0.29) is 11.7 Å². The van der Waals surface area contributed by atoms with Gasteiger partial charge in [0.1, 0.15) is 6.04 Å². The van der Waals surface area contributed by atoms with Crippen molar-refractivity contribution in [2.45, 2.75) is 31.8 Å². The molecule has 43 heavy (non-hydrogen) atoms. The average molecular weight is 581 g/mol. The number of imide groups is 1. The van der Waals surface area contributed by atoms with Gasteiger partial charge >= 0.3 is 5.97 Å². The van der Waals surface area contributed by atoms with Crippen molar-refractivity contribution in [3.8, 4) is 11.5 Å². The molecule has 2 fully saturated rings. The first-order valence-electron chi connectivity index (χ1n) is 14.4. The molecule has 0 aliphatic carbocycles. The third-order valence-corrected chi connectivity index (χ3v) is 8.49. The number of carbonyl (C=O) groups excluding carboxylic acids is 4. The molecule has 9 nitrogen and oxygen atoms in total. The number of fused-ring (bicyclic) bond motifs is 5. The number of carbonyl (C=O) groups is 4. The van der Waals surface area contributed by atoms with Crippen LogP contribution in [-0.4, -0.2) is 55.3 Å². The van der Waals surface area contributed by atoms with Gasteiger partial charge in [-0.1, -0.05) is 37.6 Å². The van der Waals surface area contributed by atoms with Crippen molar-refractivity contribution in [2.24, 2.45) is 11.8 Å². The fourth-order valence-corrected chi connectivity index (χ4v) is 6.41. The molecule has 3 heterocycles. The first kappa shape index (κ1) is 28.2. The number of nitrogens with zero attached hydrogens (tertiary/aromatic N) is 2. The number of amides is 2. The molecule has 3 aromatic rings. The van der Waals surface area contributed by atoms with E-state index >= 15 is 0 Å². The Labute approximate surface area is 249 Å². The molecule has 0 saturated carbocycles. The van der Waals surface area contributed by atoms with Crippen molar-refractivity contribution < 1.29 is 33.4 Å². The number of hydrogen-bond acceptors (Lipinski definition) is 8. The summed E-state index contributed by atoms with van der Waals surface area (Å²) in [5, 5.41) is 0. The largest absolute Gasteiger partial charge is 0.493 e. The third-order valence-electron chi connectivity index (χ3n) is 8.49. The monoisotopic (exact) mass is 580 g/mol. The number of benzene rings is 3. The van der Waals surface area contributed by atoms with Crippen LogP contribution in [-0.2, 0) is 14.3 Å². The molecule has 3 aromatic carbocycles. The Hall–Kier alpha value is -4.92. The highest BCUT2D eigenvalue weighted by molar-refractivity contribution is 6.24. The highest BCUT2D eigenvalue weighted by Crippen LogP contribution is 2.53. The quantitative estimate of drug-likeness (QED) is 0.150. The summed E-state index contributed by atoms with van der Waals surface area (Å²) in [6.45, 7) is 2.34. The van der Waals surface area contributed by atoms with E-state index in [1.165, 1.54) is 14.2 Å². The second-order valence-corrected chi connectivity index (χ2v) is 10.8. The molecular weight excluding hydrogens is 548 g/mol. The van der Waals surface area contributed by atoms with Gasteiger partial charge < -0.3 is 19.1 Å². The van der Waals surface area contributed by atoms with Gasteiger partial charge in [-0.05, 0) is 66.1 Å². The molecular formula is C34H32N2O7. The van der Waals surface area contributed by atoms with Gasteiger partial charge in [0.25, 0.3) is 0 Å².